The number of hydrogen-bond acceptors (Lipinski definition) is 7. The Balaban J connectivity index is 2.02. The lowest BCUT2D eigenvalue weighted by Gasteiger charge is -2.09. The highest BCUT2D eigenvalue weighted by molar-refractivity contribution is 5.45. The van der Waals surface area contributed by atoms with Crippen molar-refractivity contribution in [3.8, 4) is 23.9 Å². The fourth-order valence-corrected chi connectivity index (χ4v) is 1.75. The van der Waals surface area contributed by atoms with Crippen LogP contribution in [0.4, 0.5) is 0 Å². The van der Waals surface area contributed by atoms with Crippen LogP contribution < -0.4 is 10.4 Å². The Hall–Kier alpha value is -3.48. The van der Waals surface area contributed by atoms with E-state index in [-0.39, 0.29) is 18.2 Å². The average Bonchev–Trinajstić information content (AvgIpc) is 3.11. The summed E-state index contributed by atoms with van der Waals surface area (Å²) in [7, 11) is 1.47. The molecular formula is C12H10N8O2. The van der Waals surface area contributed by atoms with E-state index in [1.54, 1.807) is 0 Å². The number of aromatic amines is 1. The van der Waals surface area contributed by atoms with Crippen LogP contribution >= 0.6 is 0 Å². The van der Waals surface area contributed by atoms with Crippen molar-refractivity contribution < 1.29 is 6.15 Å². The molecule has 0 aliphatic carbocycles. The summed E-state index contributed by atoms with van der Waals surface area (Å²) < 4.78 is 14.9. The quantitative estimate of drug-likeness (QED) is 0.617. The number of tetrazole rings is 1. The molecule has 0 spiro atoms. The molecule has 0 fully saturated rings. The Bertz CT molecular complexity index is 951. The van der Waals surface area contributed by atoms with Gasteiger partial charge in [0.2, 0.25) is 5.88 Å². The predicted molar refractivity (Wildman–Crippen MR) is 73.0 cm³/mol. The zero-order valence-corrected chi connectivity index (χ0v) is 11.4. The lowest BCUT2D eigenvalue weighted by molar-refractivity contribution is 0.291. The van der Waals surface area contributed by atoms with Crippen molar-refractivity contribution in [3.63, 3.8) is 0 Å². The molecule has 0 radical (unpaired) electrons. The van der Waals surface area contributed by atoms with E-state index in [1.165, 1.54) is 25.5 Å². The van der Waals surface area contributed by atoms with Gasteiger partial charge in [-0.3, -0.25) is 5.09 Å². The molecule has 0 atom stereocenters. The van der Waals surface area contributed by atoms with Crippen LogP contribution in [-0.2, 0) is 13.7 Å². The highest BCUT2D eigenvalue weighted by Gasteiger charge is 2.16. The van der Waals surface area contributed by atoms with Crippen molar-refractivity contribution in [2.24, 2.45) is 7.05 Å². The van der Waals surface area contributed by atoms with E-state index in [1.807, 2.05) is 0 Å². The van der Waals surface area contributed by atoms with Crippen molar-refractivity contribution in [1.29, 1.82) is 0 Å². The van der Waals surface area contributed by atoms with Crippen LogP contribution in [-0.4, -0.2) is 40.2 Å². The Labute approximate surface area is 125 Å². The molecule has 0 aliphatic rings. The van der Waals surface area contributed by atoms with E-state index in [0.717, 1.165) is 14.5 Å². The van der Waals surface area contributed by atoms with Gasteiger partial charge in [-0.15, -0.1) is 16.6 Å². The number of terminal acetylenes is 1. The number of H-pyrrole nitrogens is 1. The van der Waals surface area contributed by atoms with E-state index in [2.05, 4.69) is 31.6 Å². The van der Waals surface area contributed by atoms with Gasteiger partial charge in [0.1, 0.15) is 18.0 Å². The number of aromatic nitrogens is 8. The zero-order chi connectivity index (χ0) is 16.4. The maximum atomic E-state index is 12.0. The molecule has 0 saturated heterocycles. The second-order valence-corrected chi connectivity index (χ2v) is 4.16. The minimum atomic E-state index is -0.461. The molecule has 3 aromatic heterocycles. The third kappa shape index (κ3) is 2.31. The van der Waals surface area contributed by atoms with E-state index < -0.39 is 5.69 Å². The highest BCUT2D eigenvalue weighted by Crippen LogP contribution is 2.16. The largest absolute Gasteiger partial charge is 0.472 e. The number of hydrogen-bond donors (Lipinski definition) is 1. The maximum absolute atomic E-state index is 12.0. The van der Waals surface area contributed by atoms with Gasteiger partial charge in [-0.2, -0.15) is 14.5 Å². The lowest BCUT2D eigenvalue weighted by Crippen LogP contribution is -2.24. The summed E-state index contributed by atoms with van der Waals surface area (Å²) in [6, 6.07) is 1.52. The first-order valence-corrected chi connectivity index (χ1v) is 6.08. The lowest BCUT2D eigenvalue weighted by atomic mass is 10.2. The molecule has 0 saturated carbocycles. The first-order valence-electron chi connectivity index (χ1n) is 6.53. The SMILES string of the molecule is [3H]n1ccc(OCc2c(-n3nnn(C)c3=O)cnnc2C#C)n1. The van der Waals surface area contributed by atoms with Crippen molar-refractivity contribution in [2.45, 2.75) is 6.61 Å². The van der Waals surface area contributed by atoms with Gasteiger partial charge in [0.15, 0.2) is 1.41 Å². The van der Waals surface area contributed by atoms with Crippen LogP contribution in [0.15, 0.2) is 23.3 Å². The summed E-state index contributed by atoms with van der Waals surface area (Å²) >= 11 is 0. The molecule has 0 aromatic carbocycles. The smallest absolute Gasteiger partial charge is 0.368 e. The van der Waals surface area contributed by atoms with Crippen molar-refractivity contribution >= 4 is 0 Å². The summed E-state index contributed by atoms with van der Waals surface area (Å²) in [5, 5.41) is 19.6. The number of nitrogens with zero attached hydrogens (tertiary/aromatic N) is 7. The second-order valence-electron chi connectivity index (χ2n) is 4.16. The van der Waals surface area contributed by atoms with Crippen LogP contribution in [0.25, 0.3) is 5.69 Å². The molecule has 0 unspecified atom stereocenters. The van der Waals surface area contributed by atoms with E-state index >= 15 is 0 Å². The molecule has 3 heterocycles. The van der Waals surface area contributed by atoms with Gasteiger partial charge >= 0.3 is 5.69 Å². The number of ether oxygens (including phenoxy) is 1. The molecule has 10 heteroatoms. The Morgan fingerprint density at radius 3 is 3.05 bits per heavy atom. The average molecular weight is 300 g/mol. The first-order chi connectivity index (χ1) is 11.1. The molecule has 3 rings (SSSR count). The monoisotopic (exact) mass is 300 g/mol. The summed E-state index contributed by atoms with van der Waals surface area (Å²) in [6.45, 7) is -0.0234. The molecule has 0 aliphatic heterocycles. The zero-order valence-electron chi connectivity index (χ0n) is 12.4. The van der Waals surface area contributed by atoms with E-state index in [4.69, 9.17) is 12.6 Å². The number of rotatable bonds is 4. The van der Waals surface area contributed by atoms with Gasteiger partial charge in [0, 0.05) is 19.3 Å². The van der Waals surface area contributed by atoms with Gasteiger partial charge in [0.05, 0.1) is 11.8 Å². The van der Waals surface area contributed by atoms with Gasteiger partial charge < -0.3 is 4.74 Å². The number of nitrogens with one attached hydrogen (secondary N) is 1. The molecule has 10 nitrogen and oxygen atoms in total. The highest BCUT2D eigenvalue weighted by atomic mass is 16.5. The third-order valence-corrected chi connectivity index (χ3v) is 2.82. The Morgan fingerprint density at radius 1 is 1.55 bits per heavy atom. The van der Waals surface area contributed by atoms with Gasteiger partial charge in [0.25, 0.3) is 0 Å². The van der Waals surface area contributed by atoms with Crippen LogP contribution in [0.5, 0.6) is 5.88 Å². The summed E-state index contributed by atoms with van der Waals surface area (Å²) in [5.74, 6) is 2.62. The predicted octanol–water partition coefficient (Wildman–Crippen LogP) is -0.961. The van der Waals surface area contributed by atoms with Crippen molar-refractivity contribution in [2.75, 3.05) is 0 Å². The molecule has 22 heavy (non-hydrogen) atoms. The molecule has 0 amide bonds. The molecular weight excluding hydrogens is 288 g/mol. The summed E-state index contributed by atoms with van der Waals surface area (Å²) in [6.07, 6.45) is 8.19. The summed E-state index contributed by atoms with van der Waals surface area (Å²) in [5.41, 5.74) is 0.504. The Morgan fingerprint density at radius 2 is 2.41 bits per heavy atom. The minimum Gasteiger partial charge on any atom is -0.472 e. The molecule has 0 bridgehead atoms. The number of aryl methyl sites for hydroxylation is 1. The minimum absolute atomic E-state index is 0.0234. The molecule has 3 aromatic rings. The second kappa shape index (κ2) is 5.49. The third-order valence-electron chi connectivity index (χ3n) is 2.82. The van der Waals surface area contributed by atoms with Crippen molar-refractivity contribution in [1.82, 2.24) is 40.2 Å². The Kier molecular flexibility index (Phi) is 3.06. The van der Waals surface area contributed by atoms with Gasteiger partial charge in [-0.1, -0.05) is 0 Å². The fourth-order valence-electron chi connectivity index (χ4n) is 1.75. The fraction of sp³-hybridized carbons (Fsp3) is 0.167. The normalized spacial score (nSPS) is 11.0. The van der Waals surface area contributed by atoms with Gasteiger partial charge in [-0.25, -0.2) is 4.79 Å². The van der Waals surface area contributed by atoms with Crippen LogP contribution in [0, 0.1) is 12.3 Å². The van der Waals surface area contributed by atoms with E-state index in [9.17, 15) is 4.79 Å². The van der Waals surface area contributed by atoms with Crippen LogP contribution in [0.3, 0.4) is 0 Å². The first kappa shape index (κ1) is 12.3. The van der Waals surface area contributed by atoms with Crippen LogP contribution in [0.1, 0.15) is 11.3 Å². The topological polar surface area (TPSA) is 116 Å². The summed E-state index contributed by atoms with van der Waals surface area (Å²) in [4.78, 5) is 12.0. The maximum Gasteiger partial charge on any atom is 0.368 e. The van der Waals surface area contributed by atoms with E-state index in [0.29, 0.717) is 11.3 Å². The van der Waals surface area contributed by atoms with Gasteiger partial charge in [-0.05, 0) is 16.3 Å². The van der Waals surface area contributed by atoms with Crippen LogP contribution in [0.2, 0.25) is 1.41 Å². The molecule has 1 N–H and O–H groups in total. The molecule has 110 valence electrons. The standard InChI is InChI=1S/C12H10N8O2/c1-3-9-8(7-22-11-4-5-13-16-11)10(6-14-15-9)20-12(21)19(2)17-18-20/h1,4-6H,7H2,2H3,(H,13,16)/i/hT. The van der Waals surface area contributed by atoms with Crippen molar-refractivity contribution in [3.05, 3.63) is 40.2 Å².